The van der Waals surface area contributed by atoms with Crippen molar-refractivity contribution in [1.82, 2.24) is 9.78 Å². The van der Waals surface area contributed by atoms with Crippen LogP contribution in [0.1, 0.15) is 36.8 Å². The molecule has 1 aromatic heterocycles. The summed E-state index contributed by atoms with van der Waals surface area (Å²) in [5.41, 5.74) is 2.42. The lowest BCUT2D eigenvalue weighted by molar-refractivity contribution is 0.0696. The lowest BCUT2D eigenvalue weighted by Crippen LogP contribution is -2.05. The van der Waals surface area contributed by atoms with Crippen LogP contribution in [0.3, 0.4) is 0 Å². The van der Waals surface area contributed by atoms with Gasteiger partial charge in [-0.15, -0.1) is 0 Å². The van der Waals surface area contributed by atoms with Crippen LogP contribution in [-0.2, 0) is 0 Å². The molecule has 0 unspecified atom stereocenters. The first-order chi connectivity index (χ1) is 10.0. The summed E-state index contributed by atoms with van der Waals surface area (Å²) in [6.07, 6.45) is 3.17. The number of aromatic nitrogens is 2. The minimum Gasteiger partial charge on any atom is -0.492 e. The van der Waals surface area contributed by atoms with Crippen molar-refractivity contribution in [3.05, 3.63) is 47.3 Å². The maximum atomic E-state index is 11.3. The Hall–Kier alpha value is -2.56. The van der Waals surface area contributed by atoms with Crippen LogP contribution in [0.5, 0.6) is 5.75 Å². The Balaban J connectivity index is 2.65. The van der Waals surface area contributed by atoms with Crippen molar-refractivity contribution in [2.75, 3.05) is 6.61 Å². The van der Waals surface area contributed by atoms with Crippen LogP contribution in [-0.4, -0.2) is 27.5 Å². The van der Waals surface area contributed by atoms with Crippen LogP contribution in [0.25, 0.3) is 11.8 Å². The number of benzene rings is 1. The highest BCUT2D eigenvalue weighted by molar-refractivity contribution is 5.91. The van der Waals surface area contributed by atoms with Crippen LogP contribution in [0.15, 0.2) is 36.0 Å². The Labute approximate surface area is 123 Å². The third kappa shape index (κ3) is 3.13. The second-order valence-electron chi connectivity index (χ2n) is 4.78. The molecule has 0 aliphatic heterocycles. The Morgan fingerprint density at radius 3 is 2.71 bits per heavy atom. The van der Waals surface area contributed by atoms with E-state index in [-0.39, 0.29) is 5.56 Å². The van der Waals surface area contributed by atoms with Gasteiger partial charge in [0.05, 0.1) is 18.5 Å². The normalized spacial score (nSPS) is 10.2. The molecule has 1 aromatic carbocycles. The number of allylic oxidation sites excluding steroid dienone is 1. The molecule has 5 heteroatoms. The molecule has 0 fully saturated rings. The molecule has 1 heterocycles. The molecule has 110 valence electrons. The highest BCUT2D eigenvalue weighted by Gasteiger charge is 2.17. The predicted molar refractivity (Wildman–Crippen MR) is 81.0 cm³/mol. The fourth-order valence-corrected chi connectivity index (χ4v) is 2.04. The van der Waals surface area contributed by atoms with Gasteiger partial charge in [-0.1, -0.05) is 17.7 Å². The van der Waals surface area contributed by atoms with E-state index in [0.717, 1.165) is 11.3 Å². The Morgan fingerprint density at radius 1 is 1.38 bits per heavy atom. The highest BCUT2D eigenvalue weighted by atomic mass is 16.5. The van der Waals surface area contributed by atoms with Gasteiger partial charge in [-0.2, -0.15) is 5.10 Å². The van der Waals surface area contributed by atoms with Gasteiger partial charge in [0.1, 0.15) is 17.0 Å². The van der Waals surface area contributed by atoms with Crippen LogP contribution < -0.4 is 4.74 Å². The molecule has 0 amide bonds. The van der Waals surface area contributed by atoms with Gasteiger partial charge in [0, 0.05) is 0 Å². The first-order valence-electron chi connectivity index (χ1n) is 6.73. The number of carbonyl (C=O) groups is 1. The van der Waals surface area contributed by atoms with Gasteiger partial charge >= 0.3 is 5.97 Å². The van der Waals surface area contributed by atoms with Crippen LogP contribution in [0.4, 0.5) is 0 Å². The van der Waals surface area contributed by atoms with Gasteiger partial charge in [-0.3, -0.25) is 0 Å². The predicted octanol–water partition coefficient (Wildman–Crippen LogP) is 3.39. The number of carboxylic acids is 1. The molecule has 0 bridgehead atoms. The van der Waals surface area contributed by atoms with Crippen LogP contribution >= 0.6 is 0 Å². The largest absolute Gasteiger partial charge is 0.492 e. The number of nitrogens with zero attached hydrogens (tertiary/aromatic N) is 2. The summed E-state index contributed by atoms with van der Waals surface area (Å²) in [5, 5.41) is 13.5. The van der Waals surface area contributed by atoms with Crippen molar-refractivity contribution in [1.29, 1.82) is 0 Å². The summed E-state index contributed by atoms with van der Waals surface area (Å²) in [6.45, 7) is 6.26. The standard InChI is InChI=1S/C16H18N2O3/c1-4-21-15-8-6-5-7-13(15)18-14(9-11(2)3)12(10-17-18)16(19)20/h5-10H,4H2,1-3H3,(H,19,20). The van der Waals surface area contributed by atoms with E-state index in [9.17, 15) is 9.90 Å². The summed E-state index contributed by atoms with van der Waals surface area (Å²) in [5.74, 6) is -0.328. The van der Waals surface area contributed by atoms with Gasteiger partial charge in [-0.25, -0.2) is 9.48 Å². The van der Waals surface area contributed by atoms with E-state index in [1.807, 2.05) is 45.0 Å². The average molecular weight is 286 g/mol. The summed E-state index contributed by atoms with van der Waals surface area (Å²) >= 11 is 0. The van der Waals surface area contributed by atoms with Gasteiger partial charge in [0.15, 0.2) is 0 Å². The zero-order valence-corrected chi connectivity index (χ0v) is 12.3. The lowest BCUT2D eigenvalue weighted by atomic mass is 10.2. The van der Waals surface area contributed by atoms with Crippen molar-refractivity contribution < 1.29 is 14.6 Å². The van der Waals surface area contributed by atoms with Crippen molar-refractivity contribution in [3.63, 3.8) is 0 Å². The van der Waals surface area contributed by atoms with Crippen molar-refractivity contribution in [2.24, 2.45) is 0 Å². The Bertz CT molecular complexity index is 683. The number of rotatable bonds is 5. The molecule has 21 heavy (non-hydrogen) atoms. The van der Waals surface area contributed by atoms with Crippen molar-refractivity contribution >= 4 is 12.0 Å². The topological polar surface area (TPSA) is 64.4 Å². The second kappa shape index (κ2) is 6.26. The summed E-state index contributed by atoms with van der Waals surface area (Å²) in [7, 11) is 0. The first kappa shape index (κ1) is 14.8. The third-order valence-corrected chi connectivity index (χ3v) is 2.86. The van der Waals surface area contributed by atoms with Crippen LogP contribution in [0.2, 0.25) is 0 Å². The van der Waals surface area contributed by atoms with E-state index in [4.69, 9.17) is 4.74 Å². The van der Waals surface area contributed by atoms with E-state index in [1.54, 1.807) is 10.8 Å². The number of para-hydroxylation sites is 2. The van der Waals surface area contributed by atoms with Gasteiger partial charge < -0.3 is 9.84 Å². The van der Waals surface area contributed by atoms with Crippen molar-refractivity contribution in [3.8, 4) is 11.4 Å². The summed E-state index contributed by atoms with van der Waals surface area (Å²) in [6, 6.07) is 7.43. The zero-order chi connectivity index (χ0) is 15.4. The number of ether oxygens (including phenoxy) is 1. The van der Waals surface area contributed by atoms with E-state index in [0.29, 0.717) is 18.1 Å². The number of carboxylic acid groups (broad SMARTS) is 1. The van der Waals surface area contributed by atoms with E-state index in [2.05, 4.69) is 5.10 Å². The zero-order valence-electron chi connectivity index (χ0n) is 12.3. The number of hydrogen-bond acceptors (Lipinski definition) is 3. The van der Waals surface area contributed by atoms with Gasteiger partial charge in [0.25, 0.3) is 0 Å². The quantitative estimate of drug-likeness (QED) is 0.915. The molecule has 0 saturated carbocycles. The summed E-state index contributed by atoms with van der Waals surface area (Å²) < 4.78 is 7.19. The molecule has 0 atom stereocenters. The third-order valence-electron chi connectivity index (χ3n) is 2.86. The molecule has 0 aliphatic carbocycles. The molecule has 2 aromatic rings. The fourth-order valence-electron chi connectivity index (χ4n) is 2.04. The van der Waals surface area contributed by atoms with E-state index >= 15 is 0 Å². The van der Waals surface area contributed by atoms with Crippen molar-refractivity contribution in [2.45, 2.75) is 20.8 Å². The molecular formula is C16H18N2O3. The SMILES string of the molecule is CCOc1ccccc1-n1ncc(C(=O)O)c1C=C(C)C. The molecule has 5 nitrogen and oxygen atoms in total. The fraction of sp³-hybridized carbons (Fsp3) is 0.250. The summed E-state index contributed by atoms with van der Waals surface area (Å²) in [4.78, 5) is 11.3. The van der Waals surface area contributed by atoms with E-state index < -0.39 is 5.97 Å². The van der Waals surface area contributed by atoms with Gasteiger partial charge in [0.2, 0.25) is 0 Å². The monoisotopic (exact) mass is 286 g/mol. The number of aromatic carboxylic acids is 1. The Morgan fingerprint density at radius 2 is 2.10 bits per heavy atom. The second-order valence-corrected chi connectivity index (χ2v) is 4.78. The average Bonchev–Trinajstić information content (AvgIpc) is 2.82. The highest BCUT2D eigenvalue weighted by Crippen LogP contribution is 2.26. The molecule has 0 aliphatic rings. The molecule has 2 rings (SSSR count). The Kier molecular flexibility index (Phi) is 4.42. The first-order valence-corrected chi connectivity index (χ1v) is 6.73. The maximum Gasteiger partial charge on any atom is 0.339 e. The molecule has 1 N–H and O–H groups in total. The molecule has 0 spiro atoms. The van der Waals surface area contributed by atoms with Crippen LogP contribution in [0, 0.1) is 0 Å². The minimum atomic E-state index is -0.998. The molecular weight excluding hydrogens is 268 g/mol. The minimum absolute atomic E-state index is 0.169. The van der Waals surface area contributed by atoms with Gasteiger partial charge in [-0.05, 0) is 39.0 Å². The molecule has 0 saturated heterocycles. The number of hydrogen-bond donors (Lipinski definition) is 1. The smallest absolute Gasteiger partial charge is 0.339 e. The maximum absolute atomic E-state index is 11.3. The lowest BCUT2D eigenvalue weighted by Gasteiger charge is -2.12. The van der Waals surface area contributed by atoms with E-state index in [1.165, 1.54) is 6.20 Å². The molecule has 0 radical (unpaired) electrons.